The topological polar surface area (TPSA) is 32.3 Å². The second-order valence-electron chi connectivity index (χ2n) is 5.58. The van der Waals surface area contributed by atoms with Gasteiger partial charge in [0.25, 0.3) is 0 Å². The number of carbonyl (C=O) groups is 1. The Morgan fingerprint density at radius 3 is 2.94 bits per heavy atom. The second kappa shape index (κ2) is 4.65. The summed E-state index contributed by atoms with van der Waals surface area (Å²) >= 11 is 0. The number of carbonyl (C=O) groups excluding carboxylic acids is 1. The number of rotatable bonds is 2. The lowest BCUT2D eigenvalue weighted by Gasteiger charge is -2.43. The van der Waals surface area contributed by atoms with Crippen molar-refractivity contribution in [1.82, 2.24) is 10.2 Å². The fourth-order valence-corrected chi connectivity index (χ4v) is 2.38. The summed E-state index contributed by atoms with van der Waals surface area (Å²) in [5.74, 6) is 0.215. The normalized spacial score (nSPS) is 28.2. The van der Waals surface area contributed by atoms with Gasteiger partial charge in [-0.1, -0.05) is 23.8 Å². The van der Waals surface area contributed by atoms with Crippen LogP contribution in [0.15, 0.2) is 23.8 Å². The highest BCUT2D eigenvalue weighted by Gasteiger charge is 2.38. The molecule has 0 aromatic rings. The Bertz CT molecular complexity index is 368. The number of amides is 1. The van der Waals surface area contributed by atoms with Gasteiger partial charge in [0.1, 0.15) is 0 Å². The van der Waals surface area contributed by atoms with Crippen LogP contribution in [0.1, 0.15) is 33.6 Å². The van der Waals surface area contributed by atoms with Crippen molar-refractivity contribution < 1.29 is 4.79 Å². The van der Waals surface area contributed by atoms with Crippen molar-refractivity contribution in [3.8, 4) is 0 Å². The summed E-state index contributed by atoms with van der Waals surface area (Å²) in [6, 6.07) is 0.280. The van der Waals surface area contributed by atoms with Crippen LogP contribution in [0.5, 0.6) is 0 Å². The van der Waals surface area contributed by atoms with E-state index in [1.54, 1.807) is 0 Å². The molecule has 1 fully saturated rings. The summed E-state index contributed by atoms with van der Waals surface area (Å²) in [5, 5.41) is 3.30. The molecule has 1 unspecified atom stereocenters. The summed E-state index contributed by atoms with van der Waals surface area (Å²) in [6.07, 6.45) is 8.61. The van der Waals surface area contributed by atoms with Crippen molar-refractivity contribution in [2.45, 2.75) is 45.2 Å². The molecule has 1 N–H and O–H groups in total. The molecule has 0 aromatic carbocycles. The predicted octanol–water partition coefficient (Wildman–Crippen LogP) is 1.86. The van der Waals surface area contributed by atoms with Crippen molar-refractivity contribution in [2.75, 3.05) is 13.1 Å². The highest BCUT2D eigenvalue weighted by Crippen LogP contribution is 2.21. The third-order valence-electron chi connectivity index (χ3n) is 3.64. The molecular formula is C14H22N2O. The van der Waals surface area contributed by atoms with Crippen LogP contribution in [0.2, 0.25) is 0 Å². The number of nitrogens with zero attached hydrogens (tertiary/aromatic N) is 1. The van der Waals surface area contributed by atoms with Gasteiger partial charge in [-0.25, -0.2) is 0 Å². The lowest BCUT2D eigenvalue weighted by Crippen LogP contribution is -2.64. The Balaban J connectivity index is 2.09. The molecule has 0 radical (unpaired) electrons. The summed E-state index contributed by atoms with van der Waals surface area (Å²) in [5.41, 5.74) is 0.947. The Morgan fingerprint density at radius 2 is 2.29 bits per heavy atom. The van der Waals surface area contributed by atoms with Gasteiger partial charge < -0.3 is 10.2 Å². The minimum Gasteiger partial charge on any atom is -0.333 e. The molecule has 3 nitrogen and oxygen atoms in total. The first-order valence-electron chi connectivity index (χ1n) is 6.41. The zero-order valence-corrected chi connectivity index (χ0v) is 11.0. The van der Waals surface area contributed by atoms with E-state index in [0.29, 0.717) is 0 Å². The molecule has 1 aliphatic heterocycles. The van der Waals surface area contributed by atoms with Gasteiger partial charge in [0.05, 0.1) is 5.54 Å². The first-order valence-corrected chi connectivity index (χ1v) is 6.41. The van der Waals surface area contributed by atoms with Gasteiger partial charge in [-0.2, -0.15) is 0 Å². The standard InChI is InChI=1S/C14H22N2O/c1-11-9-15-14(2,3)13(17)16(11)10-12-7-5-4-6-8-12/h4-5,7,11,15H,6,8-10H2,1-3H3. The average molecular weight is 234 g/mol. The molecule has 1 amide bonds. The summed E-state index contributed by atoms with van der Waals surface area (Å²) in [4.78, 5) is 14.4. The van der Waals surface area contributed by atoms with Crippen molar-refractivity contribution in [2.24, 2.45) is 0 Å². The van der Waals surface area contributed by atoms with Crippen LogP contribution in [0.4, 0.5) is 0 Å². The maximum atomic E-state index is 12.3. The number of allylic oxidation sites excluding steroid dienone is 3. The fraction of sp³-hybridized carbons (Fsp3) is 0.643. The number of nitrogens with one attached hydrogen (secondary N) is 1. The molecule has 17 heavy (non-hydrogen) atoms. The van der Waals surface area contributed by atoms with Gasteiger partial charge >= 0.3 is 0 Å². The molecule has 94 valence electrons. The van der Waals surface area contributed by atoms with Crippen LogP contribution in [-0.4, -0.2) is 35.5 Å². The van der Waals surface area contributed by atoms with Crippen LogP contribution < -0.4 is 5.32 Å². The van der Waals surface area contributed by atoms with E-state index >= 15 is 0 Å². The molecule has 0 bridgehead atoms. The predicted molar refractivity (Wildman–Crippen MR) is 69.7 cm³/mol. The van der Waals surface area contributed by atoms with Gasteiger partial charge in [-0.3, -0.25) is 4.79 Å². The van der Waals surface area contributed by atoms with Gasteiger partial charge in [-0.15, -0.1) is 0 Å². The Morgan fingerprint density at radius 1 is 1.53 bits per heavy atom. The maximum Gasteiger partial charge on any atom is 0.242 e. The Hall–Kier alpha value is -1.09. The van der Waals surface area contributed by atoms with E-state index in [9.17, 15) is 4.79 Å². The molecule has 0 spiro atoms. The lowest BCUT2D eigenvalue weighted by molar-refractivity contribution is -0.142. The highest BCUT2D eigenvalue weighted by atomic mass is 16.2. The summed E-state index contributed by atoms with van der Waals surface area (Å²) < 4.78 is 0. The third-order valence-corrected chi connectivity index (χ3v) is 3.64. The highest BCUT2D eigenvalue weighted by molar-refractivity contribution is 5.86. The van der Waals surface area contributed by atoms with Gasteiger partial charge in [0.15, 0.2) is 0 Å². The van der Waals surface area contributed by atoms with E-state index in [2.05, 4.69) is 30.5 Å². The van der Waals surface area contributed by atoms with Crippen LogP contribution in [0.3, 0.4) is 0 Å². The Kier molecular flexibility index (Phi) is 3.38. The van der Waals surface area contributed by atoms with E-state index in [1.165, 1.54) is 5.57 Å². The average Bonchev–Trinajstić information content (AvgIpc) is 2.32. The van der Waals surface area contributed by atoms with Crippen molar-refractivity contribution in [1.29, 1.82) is 0 Å². The molecule has 1 saturated heterocycles. The minimum atomic E-state index is -0.419. The molecule has 2 rings (SSSR count). The van der Waals surface area contributed by atoms with Crippen molar-refractivity contribution in [3.63, 3.8) is 0 Å². The van der Waals surface area contributed by atoms with E-state index in [-0.39, 0.29) is 11.9 Å². The third kappa shape index (κ3) is 2.60. The molecule has 1 heterocycles. The van der Waals surface area contributed by atoms with Crippen LogP contribution >= 0.6 is 0 Å². The molecule has 2 aliphatic rings. The lowest BCUT2D eigenvalue weighted by atomic mass is 9.96. The zero-order chi connectivity index (χ0) is 12.5. The minimum absolute atomic E-state index is 0.215. The molecule has 3 heteroatoms. The molecular weight excluding hydrogens is 212 g/mol. The first kappa shape index (κ1) is 12.4. The Labute approximate surface area is 104 Å². The smallest absolute Gasteiger partial charge is 0.242 e. The van der Waals surface area contributed by atoms with E-state index in [0.717, 1.165) is 25.9 Å². The SMILES string of the molecule is CC1CNC(C)(C)C(=O)N1CC1=CC=CCC1. The maximum absolute atomic E-state index is 12.3. The van der Waals surface area contributed by atoms with Gasteiger partial charge in [0, 0.05) is 19.1 Å². The first-order chi connectivity index (χ1) is 8.00. The van der Waals surface area contributed by atoms with Gasteiger partial charge in [0.2, 0.25) is 5.91 Å². The van der Waals surface area contributed by atoms with Crippen LogP contribution in [-0.2, 0) is 4.79 Å². The second-order valence-corrected chi connectivity index (χ2v) is 5.58. The zero-order valence-electron chi connectivity index (χ0n) is 11.0. The number of hydrogen-bond acceptors (Lipinski definition) is 2. The summed E-state index contributed by atoms with van der Waals surface area (Å²) in [6.45, 7) is 7.70. The van der Waals surface area contributed by atoms with Crippen molar-refractivity contribution in [3.05, 3.63) is 23.8 Å². The number of hydrogen-bond donors (Lipinski definition) is 1. The number of piperazine rings is 1. The quantitative estimate of drug-likeness (QED) is 0.791. The van der Waals surface area contributed by atoms with Gasteiger partial charge in [-0.05, 0) is 33.6 Å². The van der Waals surface area contributed by atoms with E-state index in [4.69, 9.17) is 0 Å². The fourth-order valence-electron chi connectivity index (χ4n) is 2.38. The molecule has 0 aromatic heterocycles. The molecule has 0 saturated carbocycles. The monoisotopic (exact) mass is 234 g/mol. The van der Waals surface area contributed by atoms with Crippen LogP contribution in [0.25, 0.3) is 0 Å². The summed E-state index contributed by atoms with van der Waals surface area (Å²) in [7, 11) is 0. The largest absolute Gasteiger partial charge is 0.333 e. The van der Waals surface area contributed by atoms with E-state index in [1.807, 2.05) is 18.7 Å². The van der Waals surface area contributed by atoms with Crippen molar-refractivity contribution >= 4 is 5.91 Å². The molecule has 1 atom stereocenters. The van der Waals surface area contributed by atoms with Crippen LogP contribution in [0, 0.1) is 0 Å². The molecule has 1 aliphatic carbocycles. The van der Waals surface area contributed by atoms with E-state index < -0.39 is 5.54 Å².